The van der Waals surface area contributed by atoms with Crippen molar-refractivity contribution in [2.24, 2.45) is 16.8 Å². The Morgan fingerprint density at radius 3 is 2.59 bits per heavy atom. The summed E-state index contributed by atoms with van der Waals surface area (Å²) in [6.45, 7) is 12.0. The lowest BCUT2D eigenvalue weighted by Crippen LogP contribution is -2.37. The van der Waals surface area contributed by atoms with E-state index in [1.165, 1.54) is 12.5 Å². The molecule has 1 saturated heterocycles. The lowest BCUT2D eigenvalue weighted by atomic mass is 10.0. The summed E-state index contributed by atoms with van der Waals surface area (Å²) < 4.78 is 13.3. The third kappa shape index (κ3) is 4.48. The average molecular weight is 322 g/mol. The average Bonchev–Trinajstić information content (AvgIpc) is 2.74. The number of hydrogen-bond donors (Lipinski definition) is 0. The van der Waals surface area contributed by atoms with Gasteiger partial charge in [0.15, 0.2) is 5.17 Å². The van der Waals surface area contributed by atoms with Crippen LogP contribution in [0, 0.1) is 24.6 Å². The zero-order valence-electron chi connectivity index (χ0n) is 14.3. The van der Waals surface area contributed by atoms with Gasteiger partial charge in [0.1, 0.15) is 5.82 Å². The van der Waals surface area contributed by atoms with E-state index < -0.39 is 0 Å². The van der Waals surface area contributed by atoms with Gasteiger partial charge in [-0.15, -0.1) is 0 Å². The van der Waals surface area contributed by atoms with Crippen LogP contribution in [0.25, 0.3) is 0 Å². The Morgan fingerprint density at radius 2 is 2.00 bits per heavy atom. The van der Waals surface area contributed by atoms with Crippen LogP contribution >= 0.6 is 11.8 Å². The van der Waals surface area contributed by atoms with Gasteiger partial charge >= 0.3 is 0 Å². The molecule has 0 aliphatic carbocycles. The molecule has 1 aromatic carbocycles. The Hall–Kier alpha value is -1.03. The zero-order chi connectivity index (χ0) is 16.3. The Balaban J connectivity index is 2.25. The molecule has 1 unspecified atom stereocenters. The fraction of sp³-hybridized carbons (Fsp3) is 0.611. The van der Waals surface area contributed by atoms with Gasteiger partial charge in [-0.25, -0.2) is 9.38 Å². The van der Waals surface area contributed by atoms with Crippen LogP contribution < -0.4 is 0 Å². The molecule has 1 aromatic rings. The highest BCUT2D eigenvalue weighted by molar-refractivity contribution is 8.14. The molecule has 1 aliphatic rings. The Labute approximate surface area is 138 Å². The highest BCUT2D eigenvalue weighted by Gasteiger charge is 2.31. The van der Waals surface area contributed by atoms with Crippen LogP contribution in [-0.2, 0) is 0 Å². The van der Waals surface area contributed by atoms with Gasteiger partial charge in [-0.05, 0) is 48.9 Å². The molecule has 1 fully saturated rings. The van der Waals surface area contributed by atoms with Crippen LogP contribution in [0.4, 0.5) is 10.1 Å². The number of halogens is 1. The first kappa shape index (κ1) is 17.3. The quantitative estimate of drug-likeness (QED) is 0.736. The third-order valence-corrected chi connectivity index (χ3v) is 4.91. The maximum atomic E-state index is 13.3. The van der Waals surface area contributed by atoms with Gasteiger partial charge in [-0.1, -0.05) is 39.5 Å². The first-order valence-corrected chi connectivity index (χ1v) is 9.09. The van der Waals surface area contributed by atoms with Gasteiger partial charge in [-0.2, -0.15) is 0 Å². The van der Waals surface area contributed by atoms with E-state index in [0.717, 1.165) is 28.7 Å². The second-order valence-electron chi connectivity index (χ2n) is 6.97. The molecule has 22 heavy (non-hydrogen) atoms. The molecule has 0 saturated carbocycles. The summed E-state index contributed by atoms with van der Waals surface area (Å²) in [5, 5.41) is 1.09. The minimum atomic E-state index is -0.197. The fourth-order valence-electron chi connectivity index (χ4n) is 2.80. The third-order valence-electron chi connectivity index (χ3n) is 3.77. The van der Waals surface area contributed by atoms with Crippen molar-refractivity contribution >= 4 is 22.6 Å². The lowest BCUT2D eigenvalue weighted by Gasteiger charge is -2.29. The highest BCUT2D eigenvalue weighted by atomic mass is 32.2. The zero-order valence-corrected chi connectivity index (χ0v) is 15.1. The smallest absolute Gasteiger partial charge is 0.164 e. The van der Waals surface area contributed by atoms with Crippen molar-refractivity contribution in [3.8, 4) is 0 Å². The van der Waals surface area contributed by atoms with Gasteiger partial charge in [0.05, 0.1) is 5.69 Å². The van der Waals surface area contributed by atoms with E-state index in [1.807, 2.05) is 18.7 Å². The number of hydrogen-bond acceptors (Lipinski definition) is 2. The second-order valence-corrected chi connectivity index (χ2v) is 7.95. The van der Waals surface area contributed by atoms with E-state index in [9.17, 15) is 4.39 Å². The van der Waals surface area contributed by atoms with Crippen LogP contribution in [0.5, 0.6) is 0 Å². The van der Waals surface area contributed by atoms with E-state index in [4.69, 9.17) is 4.99 Å². The van der Waals surface area contributed by atoms with E-state index in [-0.39, 0.29) is 5.82 Å². The first-order valence-electron chi connectivity index (χ1n) is 8.11. The number of amidine groups is 1. The first-order chi connectivity index (χ1) is 10.4. The van der Waals surface area contributed by atoms with Crippen LogP contribution in [0.3, 0.4) is 0 Å². The van der Waals surface area contributed by atoms with E-state index in [1.54, 1.807) is 12.1 Å². The monoisotopic (exact) mass is 322 g/mol. The molecule has 2 rings (SSSR count). The number of thioether (sulfide) groups is 1. The lowest BCUT2D eigenvalue weighted by molar-refractivity contribution is 0.279. The van der Waals surface area contributed by atoms with Crippen LogP contribution in [0.2, 0.25) is 0 Å². The topological polar surface area (TPSA) is 15.6 Å². The van der Waals surface area contributed by atoms with Crippen molar-refractivity contribution in [2.45, 2.75) is 47.1 Å². The summed E-state index contributed by atoms with van der Waals surface area (Å²) in [7, 11) is 0. The molecule has 1 atom stereocenters. The summed E-state index contributed by atoms with van der Waals surface area (Å²) in [6.07, 6.45) is 1.20. The van der Waals surface area contributed by atoms with Gasteiger partial charge in [-0.3, -0.25) is 0 Å². The number of aliphatic imine (C=N–C) groups is 1. The van der Waals surface area contributed by atoms with Gasteiger partial charge in [0.25, 0.3) is 0 Å². The fourth-order valence-corrected chi connectivity index (χ4v) is 4.01. The number of nitrogens with zero attached hydrogens (tertiary/aromatic N) is 2. The molecular formula is C18H27FN2S. The van der Waals surface area contributed by atoms with Gasteiger partial charge in [0, 0.05) is 18.3 Å². The predicted octanol–water partition coefficient (Wildman–Crippen LogP) is 5.24. The molecule has 4 heteroatoms. The van der Waals surface area contributed by atoms with Crippen molar-refractivity contribution in [1.82, 2.24) is 4.90 Å². The SMILES string of the molecule is Cc1cc(F)ccc1N=C1SCC(CC(C)C)N1CC(C)C. The Morgan fingerprint density at radius 1 is 1.27 bits per heavy atom. The maximum absolute atomic E-state index is 13.3. The molecule has 0 amide bonds. The summed E-state index contributed by atoms with van der Waals surface area (Å²) in [4.78, 5) is 7.29. The Kier molecular flexibility index (Phi) is 5.90. The summed E-state index contributed by atoms with van der Waals surface area (Å²) in [5.41, 5.74) is 1.77. The van der Waals surface area contributed by atoms with E-state index in [2.05, 4.69) is 32.6 Å². The largest absolute Gasteiger partial charge is 0.347 e. The molecule has 2 nitrogen and oxygen atoms in total. The minimum absolute atomic E-state index is 0.197. The molecule has 0 radical (unpaired) electrons. The Bertz CT molecular complexity index is 540. The molecule has 122 valence electrons. The predicted molar refractivity (Wildman–Crippen MR) is 95.5 cm³/mol. The number of benzene rings is 1. The van der Waals surface area contributed by atoms with Crippen molar-refractivity contribution < 1.29 is 4.39 Å². The van der Waals surface area contributed by atoms with E-state index >= 15 is 0 Å². The molecule has 0 aromatic heterocycles. The van der Waals surface area contributed by atoms with Gasteiger partial charge in [0.2, 0.25) is 0 Å². The van der Waals surface area contributed by atoms with Crippen molar-refractivity contribution in [2.75, 3.05) is 12.3 Å². The summed E-state index contributed by atoms with van der Waals surface area (Å²) in [5.74, 6) is 2.20. The molecule has 1 heterocycles. The van der Waals surface area contributed by atoms with E-state index in [0.29, 0.717) is 17.9 Å². The second kappa shape index (κ2) is 7.49. The minimum Gasteiger partial charge on any atom is -0.347 e. The standard InChI is InChI=1S/C18H27FN2S/c1-12(2)8-16-11-22-18(21(16)10-13(3)4)20-17-7-6-15(19)9-14(17)5/h6-7,9,12-13,16H,8,10-11H2,1-5H3. The molecule has 0 N–H and O–H groups in total. The van der Waals surface area contributed by atoms with Crippen molar-refractivity contribution in [1.29, 1.82) is 0 Å². The van der Waals surface area contributed by atoms with Crippen LogP contribution in [0.1, 0.15) is 39.7 Å². The van der Waals surface area contributed by atoms with Gasteiger partial charge < -0.3 is 4.90 Å². The van der Waals surface area contributed by atoms with Crippen LogP contribution in [-0.4, -0.2) is 28.4 Å². The van der Waals surface area contributed by atoms with Crippen molar-refractivity contribution in [3.63, 3.8) is 0 Å². The highest BCUT2D eigenvalue weighted by Crippen LogP contribution is 2.32. The molecule has 0 bridgehead atoms. The number of rotatable bonds is 5. The van der Waals surface area contributed by atoms with Crippen molar-refractivity contribution in [3.05, 3.63) is 29.6 Å². The summed E-state index contributed by atoms with van der Waals surface area (Å²) in [6, 6.07) is 5.38. The maximum Gasteiger partial charge on any atom is 0.164 e. The van der Waals surface area contributed by atoms with Crippen LogP contribution in [0.15, 0.2) is 23.2 Å². The molecular weight excluding hydrogens is 295 g/mol. The molecule has 0 spiro atoms. The normalized spacial score (nSPS) is 20.6. The molecule has 1 aliphatic heterocycles. The summed E-state index contributed by atoms with van der Waals surface area (Å²) >= 11 is 1.83. The number of aryl methyl sites for hydroxylation is 1.